The van der Waals surface area contributed by atoms with E-state index in [1.54, 1.807) is 4.90 Å². The molecule has 4 amide bonds. The molecule has 7 rings (SSSR count). The number of carbonyl (C=O) groups excluding carboxylic acids is 4. The van der Waals surface area contributed by atoms with E-state index in [-0.39, 0.29) is 35.7 Å². The summed E-state index contributed by atoms with van der Waals surface area (Å²) in [6.07, 6.45) is 5.22. The zero-order chi connectivity index (χ0) is 40.4. The van der Waals surface area contributed by atoms with Gasteiger partial charge in [-0.2, -0.15) is 0 Å². The summed E-state index contributed by atoms with van der Waals surface area (Å²) in [7, 11) is 2.57. The molecular formula is C42H52N8O7. The Kier molecular flexibility index (Phi) is 11.6. The van der Waals surface area contributed by atoms with Crippen LogP contribution in [-0.4, -0.2) is 93.4 Å². The fourth-order valence-electron chi connectivity index (χ4n) is 8.11. The van der Waals surface area contributed by atoms with Crippen molar-refractivity contribution in [3.05, 3.63) is 66.4 Å². The van der Waals surface area contributed by atoms with Crippen molar-refractivity contribution in [2.75, 3.05) is 27.3 Å². The summed E-state index contributed by atoms with van der Waals surface area (Å²) < 4.78 is 15.7. The first kappa shape index (κ1) is 39.5. The van der Waals surface area contributed by atoms with Crippen molar-refractivity contribution in [3.8, 4) is 33.8 Å². The van der Waals surface area contributed by atoms with Gasteiger partial charge in [0.25, 0.3) is 0 Å². The fraction of sp³-hybridized carbons (Fsp3) is 0.500. The number of carbonyl (C=O) groups is 4. The van der Waals surface area contributed by atoms with Crippen LogP contribution in [0.25, 0.3) is 33.8 Å². The monoisotopic (exact) mass is 780 g/mol. The van der Waals surface area contributed by atoms with Crippen molar-refractivity contribution >= 4 is 24.0 Å². The second kappa shape index (κ2) is 16.8. The summed E-state index contributed by atoms with van der Waals surface area (Å²) in [6.45, 7) is 8.76. The lowest BCUT2D eigenvalue weighted by molar-refractivity contribution is -0.136. The van der Waals surface area contributed by atoms with E-state index in [2.05, 4.69) is 37.9 Å². The van der Waals surface area contributed by atoms with Crippen LogP contribution in [0.1, 0.15) is 83.6 Å². The Morgan fingerprint density at radius 1 is 0.737 bits per heavy atom. The molecule has 2 saturated heterocycles. The third-order valence-corrected chi connectivity index (χ3v) is 11.5. The van der Waals surface area contributed by atoms with Crippen LogP contribution in [0.2, 0.25) is 0 Å². The SMILES string of the molecule is COC(=O)N[C@H](C(=O)N1C[C@@H](C2CC2)C[C@H]1c1ncc(-c2ccc(-c3ccc(-c4nnc([C@@H]5CCCN5C(=O)[C@@H](NC(=O)OC)C(C)C)o4)cc3)cc2)[nH]1)C(C)C. The lowest BCUT2D eigenvalue weighted by Crippen LogP contribution is -2.51. The molecule has 3 N–H and O–H groups in total. The lowest BCUT2D eigenvalue weighted by atomic mass is 10.00. The van der Waals surface area contributed by atoms with Gasteiger partial charge in [-0.05, 0) is 84.6 Å². The van der Waals surface area contributed by atoms with Gasteiger partial charge in [0.1, 0.15) is 23.9 Å². The molecule has 1 saturated carbocycles. The summed E-state index contributed by atoms with van der Waals surface area (Å²) in [4.78, 5) is 63.3. The van der Waals surface area contributed by atoms with Gasteiger partial charge in [0, 0.05) is 18.7 Å². The number of rotatable bonds is 12. The molecule has 4 aromatic rings. The zero-order valence-corrected chi connectivity index (χ0v) is 33.4. The molecule has 4 heterocycles. The van der Waals surface area contributed by atoms with E-state index < -0.39 is 24.3 Å². The van der Waals surface area contributed by atoms with Gasteiger partial charge in [-0.15, -0.1) is 10.2 Å². The highest BCUT2D eigenvalue weighted by Gasteiger charge is 2.46. The van der Waals surface area contributed by atoms with Crippen molar-refractivity contribution in [2.24, 2.45) is 23.7 Å². The quantitative estimate of drug-likeness (QED) is 0.143. The summed E-state index contributed by atoms with van der Waals surface area (Å²) in [6, 6.07) is 14.1. The number of nitrogens with one attached hydrogen (secondary N) is 3. The highest BCUT2D eigenvalue weighted by molar-refractivity contribution is 5.87. The number of aromatic nitrogens is 4. The molecule has 0 unspecified atom stereocenters. The van der Waals surface area contributed by atoms with Crippen molar-refractivity contribution in [2.45, 2.75) is 84.0 Å². The topological polar surface area (TPSA) is 185 Å². The number of aromatic amines is 1. The van der Waals surface area contributed by atoms with Crippen LogP contribution in [0, 0.1) is 23.7 Å². The van der Waals surface area contributed by atoms with Crippen molar-refractivity contribution in [1.29, 1.82) is 0 Å². The smallest absolute Gasteiger partial charge is 0.407 e. The second-order valence-electron chi connectivity index (χ2n) is 16.0. The minimum Gasteiger partial charge on any atom is -0.453 e. The van der Waals surface area contributed by atoms with E-state index >= 15 is 0 Å². The Balaban J connectivity index is 1.02. The Bertz CT molecular complexity index is 2060. The maximum Gasteiger partial charge on any atom is 0.407 e. The van der Waals surface area contributed by atoms with Gasteiger partial charge in [0.05, 0.1) is 32.2 Å². The van der Waals surface area contributed by atoms with Crippen molar-refractivity contribution < 1.29 is 33.1 Å². The number of hydrogen-bond donors (Lipinski definition) is 3. The van der Waals surface area contributed by atoms with Crippen LogP contribution < -0.4 is 10.6 Å². The average molecular weight is 781 g/mol. The molecule has 2 aliphatic heterocycles. The van der Waals surface area contributed by atoms with Crippen LogP contribution in [0.5, 0.6) is 0 Å². The number of H-pyrrole nitrogens is 1. The molecule has 0 spiro atoms. The van der Waals surface area contributed by atoms with Gasteiger partial charge in [0.15, 0.2) is 0 Å². The molecule has 5 atom stereocenters. The molecule has 302 valence electrons. The number of amides is 4. The van der Waals surface area contributed by atoms with Crippen LogP contribution in [-0.2, 0) is 19.1 Å². The van der Waals surface area contributed by atoms with Gasteiger partial charge >= 0.3 is 12.2 Å². The van der Waals surface area contributed by atoms with E-state index in [0.717, 1.165) is 46.6 Å². The minimum absolute atomic E-state index is 0.111. The first-order chi connectivity index (χ1) is 27.4. The summed E-state index contributed by atoms with van der Waals surface area (Å²) in [5.41, 5.74) is 4.61. The van der Waals surface area contributed by atoms with Gasteiger partial charge in [-0.3, -0.25) is 9.59 Å². The fourth-order valence-corrected chi connectivity index (χ4v) is 8.11. The van der Waals surface area contributed by atoms with E-state index in [4.69, 9.17) is 18.9 Å². The number of alkyl carbamates (subject to hydrolysis) is 2. The molecule has 15 heteroatoms. The predicted molar refractivity (Wildman–Crippen MR) is 210 cm³/mol. The molecule has 15 nitrogen and oxygen atoms in total. The maximum atomic E-state index is 13.9. The number of benzene rings is 2. The molecule has 1 aliphatic carbocycles. The maximum absolute atomic E-state index is 13.9. The van der Waals surface area contributed by atoms with Crippen LogP contribution in [0.4, 0.5) is 9.59 Å². The Morgan fingerprint density at radius 2 is 1.30 bits per heavy atom. The Labute approximate surface area is 332 Å². The highest BCUT2D eigenvalue weighted by Crippen LogP contribution is 2.47. The molecule has 2 aromatic heterocycles. The van der Waals surface area contributed by atoms with Gasteiger partial charge in [-0.1, -0.05) is 64.1 Å². The third kappa shape index (κ3) is 8.52. The normalized spacial score (nSPS) is 20.5. The number of imidazole rings is 1. The standard InChI is InChI=1S/C42H52N8O7/c1-23(2)34(45-41(53)55-5)39(51)49-19-7-8-32(49)38-48-47-37(57-38)29-17-13-26(14-18-29)25-11-15-28(16-12-25)31-21-43-36(44-31)33-20-30(27-9-10-27)22-50(33)40(52)35(24(3)4)46-42(54)56-6/h11-18,21,23-24,27,30,32-35H,7-10,19-20,22H2,1-6H3,(H,43,44)(H,45,53)(H,46,54)/t30-,32-,33-,34-,35-/m0/s1. The van der Waals surface area contributed by atoms with E-state index in [9.17, 15) is 19.2 Å². The van der Waals surface area contributed by atoms with E-state index in [1.807, 2.05) is 75.2 Å². The third-order valence-electron chi connectivity index (χ3n) is 11.5. The summed E-state index contributed by atoms with van der Waals surface area (Å²) in [5, 5.41) is 14.0. The van der Waals surface area contributed by atoms with Gasteiger partial charge in [0.2, 0.25) is 23.6 Å². The number of hydrogen-bond acceptors (Lipinski definition) is 10. The largest absolute Gasteiger partial charge is 0.453 e. The van der Waals surface area contributed by atoms with Gasteiger partial charge in [-0.25, -0.2) is 14.6 Å². The molecular weight excluding hydrogens is 729 g/mol. The van der Waals surface area contributed by atoms with Crippen LogP contribution in [0.15, 0.2) is 59.1 Å². The molecule has 0 radical (unpaired) electrons. The van der Waals surface area contributed by atoms with Gasteiger partial charge < -0.3 is 39.3 Å². The first-order valence-corrected chi connectivity index (χ1v) is 19.8. The number of likely N-dealkylation sites (tertiary alicyclic amines) is 2. The second-order valence-corrected chi connectivity index (χ2v) is 16.0. The predicted octanol–water partition coefficient (Wildman–Crippen LogP) is 6.52. The molecule has 0 bridgehead atoms. The summed E-state index contributed by atoms with van der Waals surface area (Å²) >= 11 is 0. The number of nitrogens with zero attached hydrogens (tertiary/aromatic N) is 5. The van der Waals surface area contributed by atoms with Crippen molar-refractivity contribution in [3.63, 3.8) is 0 Å². The number of methoxy groups -OCH3 is 2. The van der Waals surface area contributed by atoms with Crippen LogP contribution >= 0.6 is 0 Å². The lowest BCUT2D eigenvalue weighted by Gasteiger charge is -2.30. The Hall–Kier alpha value is -5.73. The molecule has 3 aliphatic rings. The molecule has 2 aromatic carbocycles. The van der Waals surface area contributed by atoms with Crippen LogP contribution in [0.3, 0.4) is 0 Å². The van der Waals surface area contributed by atoms with Crippen molar-refractivity contribution in [1.82, 2.24) is 40.6 Å². The first-order valence-electron chi connectivity index (χ1n) is 19.8. The minimum atomic E-state index is -0.735. The highest BCUT2D eigenvalue weighted by atomic mass is 16.5. The van der Waals surface area contributed by atoms with E-state index in [1.165, 1.54) is 27.1 Å². The zero-order valence-electron chi connectivity index (χ0n) is 33.4. The summed E-state index contributed by atoms with van der Waals surface area (Å²) in [5.74, 6) is 1.92. The Morgan fingerprint density at radius 3 is 1.86 bits per heavy atom. The average Bonchev–Trinajstić information content (AvgIpc) is 3.65. The molecule has 3 fully saturated rings. The number of ether oxygens (including phenoxy) is 2. The molecule has 57 heavy (non-hydrogen) atoms. The van der Waals surface area contributed by atoms with E-state index in [0.29, 0.717) is 43.1 Å².